The Morgan fingerprint density at radius 1 is 0.270 bits per heavy atom. The quantitative estimate of drug-likeness (QED) is 0.0261. The Bertz CT molecular complexity index is 1280. The van der Waals surface area contributed by atoms with Crippen molar-refractivity contribution in [2.45, 2.75) is 354 Å². The molecule has 0 radical (unpaired) electrons. The Kier molecular flexibility index (Phi) is 60.7. The molecule has 0 fully saturated rings. The lowest BCUT2D eigenvalue weighted by Gasteiger charge is -2.18. The first-order valence-electron chi connectivity index (χ1n) is 32.6. The zero-order valence-corrected chi connectivity index (χ0v) is 49.6. The lowest BCUT2D eigenvalue weighted by Crippen LogP contribution is -2.30. The van der Waals surface area contributed by atoms with Gasteiger partial charge in [-0.2, -0.15) is 0 Å². The van der Waals surface area contributed by atoms with Gasteiger partial charge in [0.2, 0.25) is 0 Å². The van der Waals surface area contributed by atoms with Crippen LogP contribution in [-0.4, -0.2) is 37.2 Å². The number of carbonyl (C=O) groups excluding carboxylic acids is 3. The second kappa shape index (κ2) is 62.9. The van der Waals surface area contributed by atoms with Crippen molar-refractivity contribution < 1.29 is 28.6 Å². The van der Waals surface area contributed by atoms with Gasteiger partial charge >= 0.3 is 17.9 Å². The Balaban J connectivity index is 4.17. The molecule has 0 aromatic heterocycles. The molecule has 432 valence electrons. The maximum Gasteiger partial charge on any atom is 0.306 e. The molecule has 0 heterocycles. The van der Waals surface area contributed by atoms with Gasteiger partial charge in [-0.15, -0.1) is 0 Å². The van der Waals surface area contributed by atoms with Gasteiger partial charge in [-0.25, -0.2) is 0 Å². The summed E-state index contributed by atoms with van der Waals surface area (Å²) < 4.78 is 16.9. The highest BCUT2D eigenvalue weighted by Crippen LogP contribution is 2.17. The van der Waals surface area contributed by atoms with Gasteiger partial charge in [0.15, 0.2) is 6.10 Å². The van der Waals surface area contributed by atoms with Crippen LogP contribution in [0.4, 0.5) is 0 Å². The van der Waals surface area contributed by atoms with Crippen LogP contribution in [0, 0.1) is 0 Å². The molecule has 0 saturated heterocycles. The van der Waals surface area contributed by atoms with Crippen LogP contribution in [0.3, 0.4) is 0 Å². The van der Waals surface area contributed by atoms with E-state index in [1.807, 2.05) is 0 Å². The van der Waals surface area contributed by atoms with E-state index in [2.05, 4.69) is 69.4 Å². The Morgan fingerprint density at radius 3 is 0.770 bits per heavy atom. The van der Waals surface area contributed by atoms with Crippen LogP contribution in [-0.2, 0) is 28.6 Å². The van der Waals surface area contributed by atoms with E-state index in [9.17, 15) is 14.4 Å². The monoisotopic (exact) mass is 1040 g/mol. The molecule has 6 nitrogen and oxygen atoms in total. The molecule has 0 amide bonds. The minimum absolute atomic E-state index is 0.0758. The lowest BCUT2D eigenvalue weighted by atomic mass is 10.0. The molecule has 0 rings (SSSR count). The van der Waals surface area contributed by atoms with Crippen LogP contribution < -0.4 is 0 Å². The molecular formula is C68H124O6. The third kappa shape index (κ3) is 60.2. The second-order valence-corrected chi connectivity index (χ2v) is 22.0. The molecule has 0 N–H and O–H groups in total. The first-order valence-corrected chi connectivity index (χ1v) is 32.6. The molecule has 0 saturated carbocycles. The third-order valence-electron chi connectivity index (χ3n) is 14.5. The lowest BCUT2D eigenvalue weighted by molar-refractivity contribution is -0.167. The van der Waals surface area contributed by atoms with E-state index in [-0.39, 0.29) is 31.1 Å². The van der Waals surface area contributed by atoms with E-state index in [1.54, 1.807) is 0 Å². The van der Waals surface area contributed by atoms with Crippen LogP contribution in [0.15, 0.2) is 48.6 Å². The average Bonchev–Trinajstić information content (AvgIpc) is 3.40. The normalized spacial score (nSPS) is 12.3. The summed E-state index contributed by atoms with van der Waals surface area (Å²) in [7, 11) is 0. The fourth-order valence-electron chi connectivity index (χ4n) is 9.58. The number of unbranched alkanes of at least 4 members (excludes halogenated alkanes) is 41. The van der Waals surface area contributed by atoms with E-state index in [0.29, 0.717) is 19.3 Å². The largest absolute Gasteiger partial charge is 0.462 e. The van der Waals surface area contributed by atoms with Crippen molar-refractivity contribution in [3.63, 3.8) is 0 Å². The van der Waals surface area contributed by atoms with Gasteiger partial charge in [-0.3, -0.25) is 14.4 Å². The average molecular weight is 1040 g/mol. The molecular weight excluding hydrogens is 913 g/mol. The molecule has 0 aromatic rings. The highest BCUT2D eigenvalue weighted by atomic mass is 16.6. The van der Waals surface area contributed by atoms with Crippen LogP contribution >= 0.6 is 0 Å². The predicted octanol–water partition coefficient (Wildman–Crippen LogP) is 22.2. The third-order valence-corrected chi connectivity index (χ3v) is 14.5. The number of carbonyl (C=O) groups is 3. The van der Waals surface area contributed by atoms with E-state index < -0.39 is 6.10 Å². The fraction of sp³-hybridized carbons (Fsp3) is 0.838. The predicted molar refractivity (Wildman–Crippen MR) is 321 cm³/mol. The van der Waals surface area contributed by atoms with E-state index >= 15 is 0 Å². The van der Waals surface area contributed by atoms with Crippen molar-refractivity contribution in [2.24, 2.45) is 0 Å². The summed E-state index contributed by atoms with van der Waals surface area (Å²) in [6.07, 6.45) is 78.5. The van der Waals surface area contributed by atoms with Crippen LogP contribution in [0.5, 0.6) is 0 Å². The molecule has 0 aromatic carbocycles. The van der Waals surface area contributed by atoms with Crippen molar-refractivity contribution in [1.82, 2.24) is 0 Å². The van der Waals surface area contributed by atoms with Gasteiger partial charge in [-0.1, -0.05) is 275 Å². The Hall–Kier alpha value is -2.63. The van der Waals surface area contributed by atoms with E-state index in [0.717, 1.165) is 77.0 Å². The Labute approximate surface area is 460 Å². The van der Waals surface area contributed by atoms with Crippen molar-refractivity contribution in [3.8, 4) is 0 Å². The second-order valence-electron chi connectivity index (χ2n) is 22.0. The van der Waals surface area contributed by atoms with Gasteiger partial charge < -0.3 is 14.2 Å². The fourth-order valence-corrected chi connectivity index (χ4v) is 9.58. The van der Waals surface area contributed by atoms with Gasteiger partial charge in [0, 0.05) is 19.3 Å². The summed E-state index contributed by atoms with van der Waals surface area (Å²) in [5, 5.41) is 0. The summed E-state index contributed by atoms with van der Waals surface area (Å²) in [6, 6.07) is 0. The van der Waals surface area contributed by atoms with Gasteiger partial charge in [0.1, 0.15) is 13.2 Å². The molecule has 0 bridgehead atoms. The number of rotatable bonds is 60. The minimum atomic E-state index is -0.779. The smallest absolute Gasteiger partial charge is 0.306 e. The number of esters is 3. The molecule has 6 heteroatoms. The molecule has 0 spiro atoms. The summed E-state index contributed by atoms with van der Waals surface area (Å²) in [6.45, 7) is 6.63. The first kappa shape index (κ1) is 71.4. The van der Waals surface area contributed by atoms with Crippen molar-refractivity contribution in [2.75, 3.05) is 13.2 Å². The molecule has 0 aliphatic carbocycles. The minimum Gasteiger partial charge on any atom is -0.462 e. The van der Waals surface area contributed by atoms with Gasteiger partial charge in [0.25, 0.3) is 0 Å². The molecule has 74 heavy (non-hydrogen) atoms. The number of hydrogen-bond acceptors (Lipinski definition) is 6. The standard InChI is InChI=1S/C68H124O6/c1-4-7-10-13-16-19-22-25-27-28-29-30-31-32-33-34-35-36-37-38-39-40-41-44-46-49-52-55-58-61-67(70)73-64-65(63-72-66(69)60-57-54-51-48-45-42-24-21-18-15-12-9-6-3)74-68(71)62-59-56-53-50-47-43-26-23-20-17-14-11-8-5-2/h21-26,28-29,65H,4-20,27,30-64H2,1-3H3/b24-21-,25-22-,26-23-,29-28-. The van der Waals surface area contributed by atoms with E-state index in [4.69, 9.17) is 14.2 Å². The number of hydrogen-bond donors (Lipinski definition) is 0. The van der Waals surface area contributed by atoms with Gasteiger partial charge in [0.05, 0.1) is 0 Å². The number of allylic oxidation sites excluding steroid dienone is 8. The maximum absolute atomic E-state index is 12.9. The molecule has 1 unspecified atom stereocenters. The topological polar surface area (TPSA) is 78.9 Å². The molecule has 0 aliphatic heterocycles. The first-order chi connectivity index (χ1) is 36.5. The Morgan fingerprint density at radius 2 is 0.486 bits per heavy atom. The van der Waals surface area contributed by atoms with Crippen molar-refractivity contribution in [3.05, 3.63) is 48.6 Å². The summed E-state index contributed by atoms with van der Waals surface area (Å²) in [4.78, 5) is 38.2. The summed E-state index contributed by atoms with van der Waals surface area (Å²) in [5.74, 6) is -0.875. The zero-order valence-electron chi connectivity index (χ0n) is 49.6. The highest BCUT2D eigenvalue weighted by molar-refractivity contribution is 5.71. The SMILES string of the molecule is CCCCCC/C=C\CCCCCCCC(=O)OCC(COC(=O)CCCCCCCCCCCCCCCCCCC/C=C\C/C=C\CCCCCCC)OC(=O)CCCCCCC/C=C\CCCCCCC. The summed E-state index contributed by atoms with van der Waals surface area (Å²) in [5.41, 5.74) is 0. The summed E-state index contributed by atoms with van der Waals surface area (Å²) >= 11 is 0. The van der Waals surface area contributed by atoms with Crippen molar-refractivity contribution in [1.29, 1.82) is 0 Å². The maximum atomic E-state index is 12.9. The van der Waals surface area contributed by atoms with Crippen LogP contribution in [0.2, 0.25) is 0 Å². The molecule has 0 aliphatic rings. The van der Waals surface area contributed by atoms with Crippen LogP contribution in [0.1, 0.15) is 348 Å². The van der Waals surface area contributed by atoms with Crippen LogP contribution in [0.25, 0.3) is 0 Å². The highest BCUT2D eigenvalue weighted by Gasteiger charge is 2.19. The zero-order chi connectivity index (χ0) is 53.6. The van der Waals surface area contributed by atoms with E-state index in [1.165, 1.54) is 231 Å². The number of ether oxygens (including phenoxy) is 3. The molecule has 1 atom stereocenters. The van der Waals surface area contributed by atoms with Crippen molar-refractivity contribution >= 4 is 17.9 Å². The van der Waals surface area contributed by atoms with Gasteiger partial charge in [-0.05, 0) is 103 Å².